The zero-order chi connectivity index (χ0) is 15.2. The van der Waals surface area contributed by atoms with Crippen LogP contribution in [0.2, 0.25) is 0 Å². The van der Waals surface area contributed by atoms with Crippen LogP contribution in [0.1, 0.15) is 19.8 Å². The molecular formula is C13H22N2O4S. The van der Waals surface area contributed by atoms with Crippen LogP contribution < -0.4 is 19.9 Å². The van der Waals surface area contributed by atoms with Crippen LogP contribution in [0.4, 0.5) is 0 Å². The van der Waals surface area contributed by atoms with Crippen LogP contribution >= 0.6 is 0 Å². The van der Waals surface area contributed by atoms with Crippen molar-refractivity contribution in [2.24, 2.45) is 5.73 Å². The Kier molecular flexibility index (Phi) is 6.25. The highest BCUT2D eigenvalue weighted by atomic mass is 32.2. The maximum atomic E-state index is 12.4. The Hall–Kier alpha value is -1.31. The number of rotatable bonds is 8. The Bertz CT molecular complexity index is 531. The molecule has 0 aliphatic rings. The summed E-state index contributed by atoms with van der Waals surface area (Å²) >= 11 is 0. The summed E-state index contributed by atoms with van der Waals surface area (Å²) in [6.45, 7) is 2.22. The van der Waals surface area contributed by atoms with Crippen LogP contribution in [-0.2, 0) is 10.0 Å². The molecule has 0 aliphatic carbocycles. The van der Waals surface area contributed by atoms with Gasteiger partial charge in [0.15, 0.2) is 0 Å². The molecule has 0 saturated heterocycles. The van der Waals surface area contributed by atoms with E-state index in [0.717, 1.165) is 6.42 Å². The van der Waals surface area contributed by atoms with Crippen molar-refractivity contribution in [3.63, 3.8) is 0 Å². The van der Waals surface area contributed by atoms with Crippen LogP contribution in [0.5, 0.6) is 11.5 Å². The molecule has 114 valence electrons. The van der Waals surface area contributed by atoms with Gasteiger partial charge in [0, 0.05) is 18.7 Å². The van der Waals surface area contributed by atoms with Crippen molar-refractivity contribution in [1.29, 1.82) is 0 Å². The molecule has 0 aliphatic heterocycles. The Morgan fingerprint density at radius 1 is 1.30 bits per heavy atom. The average molecular weight is 302 g/mol. The number of nitrogens with two attached hydrogens (primary N) is 1. The van der Waals surface area contributed by atoms with E-state index in [0.29, 0.717) is 12.2 Å². The molecule has 1 aromatic rings. The van der Waals surface area contributed by atoms with E-state index in [1.807, 2.05) is 6.92 Å². The molecule has 0 bridgehead atoms. The summed E-state index contributed by atoms with van der Waals surface area (Å²) in [4.78, 5) is 0.0499. The third-order valence-corrected chi connectivity index (χ3v) is 4.45. The zero-order valence-corrected chi connectivity index (χ0v) is 12.9. The van der Waals surface area contributed by atoms with Crippen molar-refractivity contribution in [3.8, 4) is 11.5 Å². The fourth-order valence-corrected chi connectivity index (χ4v) is 3.32. The smallest absolute Gasteiger partial charge is 0.244 e. The lowest BCUT2D eigenvalue weighted by molar-refractivity contribution is 0.391. The van der Waals surface area contributed by atoms with Crippen molar-refractivity contribution >= 4 is 10.0 Å². The van der Waals surface area contributed by atoms with Gasteiger partial charge in [-0.25, -0.2) is 13.1 Å². The first kappa shape index (κ1) is 16.7. The first-order valence-electron chi connectivity index (χ1n) is 6.42. The number of ether oxygens (including phenoxy) is 2. The standard InChI is InChI=1S/C13H22N2O4S/c1-4-5-10(9-14)15-20(16,17)13-8-11(18-2)6-7-12(13)19-3/h6-8,10,15H,4-5,9,14H2,1-3H3. The fourth-order valence-electron chi connectivity index (χ4n) is 1.85. The maximum Gasteiger partial charge on any atom is 0.244 e. The minimum Gasteiger partial charge on any atom is -0.497 e. The number of hydrogen-bond acceptors (Lipinski definition) is 5. The van der Waals surface area contributed by atoms with Crippen molar-refractivity contribution in [3.05, 3.63) is 18.2 Å². The molecule has 0 saturated carbocycles. The minimum absolute atomic E-state index is 0.0499. The van der Waals surface area contributed by atoms with Crippen molar-refractivity contribution in [1.82, 2.24) is 4.72 Å². The quantitative estimate of drug-likeness (QED) is 0.750. The van der Waals surface area contributed by atoms with E-state index in [1.54, 1.807) is 12.1 Å². The van der Waals surface area contributed by atoms with Gasteiger partial charge in [-0.05, 0) is 18.6 Å². The van der Waals surface area contributed by atoms with Gasteiger partial charge >= 0.3 is 0 Å². The molecule has 6 nitrogen and oxygen atoms in total. The van der Waals surface area contributed by atoms with Crippen LogP contribution in [-0.4, -0.2) is 35.2 Å². The minimum atomic E-state index is -3.70. The SMILES string of the molecule is CCCC(CN)NS(=O)(=O)c1cc(OC)ccc1OC. The monoisotopic (exact) mass is 302 g/mol. The van der Waals surface area contributed by atoms with Gasteiger partial charge in [0.25, 0.3) is 0 Å². The highest BCUT2D eigenvalue weighted by molar-refractivity contribution is 7.89. The summed E-state index contributed by atoms with van der Waals surface area (Å²) in [6.07, 6.45) is 1.53. The molecule has 1 aromatic carbocycles. The maximum absolute atomic E-state index is 12.4. The number of nitrogens with one attached hydrogen (secondary N) is 1. The number of methoxy groups -OCH3 is 2. The van der Waals surface area contributed by atoms with Crippen LogP contribution in [0.15, 0.2) is 23.1 Å². The molecule has 20 heavy (non-hydrogen) atoms. The predicted octanol–water partition coefficient (Wildman–Crippen LogP) is 1.11. The molecule has 1 rings (SSSR count). The van der Waals surface area contributed by atoms with E-state index >= 15 is 0 Å². The van der Waals surface area contributed by atoms with E-state index in [-0.39, 0.29) is 23.2 Å². The van der Waals surface area contributed by atoms with Gasteiger partial charge in [-0.1, -0.05) is 13.3 Å². The van der Waals surface area contributed by atoms with Crippen molar-refractivity contribution in [2.75, 3.05) is 20.8 Å². The van der Waals surface area contributed by atoms with E-state index in [9.17, 15) is 8.42 Å². The third kappa shape index (κ3) is 4.09. The van der Waals surface area contributed by atoms with Gasteiger partial charge < -0.3 is 15.2 Å². The molecule has 1 unspecified atom stereocenters. The molecular weight excluding hydrogens is 280 g/mol. The zero-order valence-electron chi connectivity index (χ0n) is 12.0. The molecule has 1 atom stereocenters. The summed E-state index contributed by atoms with van der Waals surface area (Å²) in [6, 6.07) is 4.34. The largest absolute Gasteiger partial charge is 0.497 e. The number of benzene rings is 1. The molecule has 0 heterocycles. The molecule has 0 aromatic heterocycles. The molecule has 0 fully saturated rings. The molecule has 0 radical (unpaired) electrons. The Balaban J connectivity index is 3.13. The second-order valence-electron chi connectivity index (χ2n) is 4.36. The van der Waals surface area contributed by atoms with E-state index in [1.165, 1.54) is 20.3 Å². The first-order valence-corrected chi connectivity index (χ1v) is 7.91. The second kappa shape index (κ2) is 7.47. The van der Waals surface area contributed by atoms with Crippen molar-refractivity contribution in [2.45, 2.75) is 30.7 Å². The van der Waals surface area contributed by atoms with Gasteiger partial charge in [0.2, 0.25) is 10.0 Å². The summed E-state index contributed by atoms with van der Waals surface area (Å²) in [5, 5.41) is 0. The topological polar surface area (TPSA) is 90.7 Å². The number of sulfonamides is 1. The molecule has 3 N–H and O–H groups in total. The Morgan fingerprint density at radius 3 is 2.50 bits per heavy atom. The average Bonchev–Trinajstić information content (AvgIpc) is 2.45. The van der Waals surface area contributed by atoms with E-state index < -0.39 is 10.0 Å². The lowest BCUT2D eigenvalue weighted by Gasteiger charge is -2.17. The Labute approximate surface area is 120 Å². The summed E-state index contributed by atoms with van der Waals surface area (Å²) in [5.74, 6) is 0.719. The van der Waals surface area contributed by atoms with Crippen LogP contribution in [0.25, 0.3) is 0 Å². The molecule has 0 spiro atoms. The Morgan fingerprint density at radius 2 is 2.00 bits per heavy atom. The third-order valence-electron chi connectivity index (χ3n) is 2.90. The van der Waals surface area contributed by atoms with Gasteiger partial charge in [0.05, 0.1) is 14.2 Å². The van der Waals surface area contributed by atoms with E-state index in [2.05, 4.69) is 4.72 Å². The van der Waals surface area contributed by atoms with Crippen LogP contribution in [0.3, 0.4) is 0 Å². The lowest BCUT2D eigenvalue weighted by atomic mass is 10.2. The van der Waals surface area contributed by atoms with Crippen LogP contribution in [0, 0.1) is 0 Å². The normalized spacial score (nSPS) is 13.0. The van der Waals surface area contributed by atoms with Crippen molar-refractivity contribution < 1.29 is 17.9 Å². The summed E-state index contributed by atoms with van der Waals surface area (Å²) in [7, 11) is -0.803. The van der Waals surface area contributed by atoms with Gasteiger partial charge in [-0.2, -0.15) is 0 Å². The fraction of sp³-hybridized carbons (Fsp3) is 0.538. The van der Waals surface area contributed by atoms with E-state index in [4.69, 9.17) is 15.2 Å². The van der Waals surface area contributed by atoms with Gasteiger partial charge in [0.1, 0.15) is 16.4 Å². The highest BCUT2D eigenvalue weighted by Crippen LogP contribution is 2.28. The summed E-state index contributed by atoms with van der Waals surface area (Å²) in [5.41, 5.74) is 5.59. The number of hydrogen-bond donors (Lipinski definition) is 2. The molecule has 0 amide bonds. The lowest BCUT2D eigenvalue weighted by Crippen LogP contribution is -2.40. The summed E-state index contributed by atoms with van der Waals surface area (Å²) < 4.78 is 37.6. The molecule has 7 heteroatoms. The van der Waals surface area contributed by atoms with Gasteiger partial charge in [-0.15, -0.1) is 0 Å². The second-order valence-corrected chi connectivity index (χ2v) is 6.04. The first-order chi connectivity index (χ1) is 9.48. The van der Waals surface area contributed by atoms with Gasteiger partial charge in [-0.3, -0.25) is 0 Å². The highest BCUT2D eigenvalue weighted by Gasteiger charge is 2.23. The predicted molar refractivity (Wildman–Crippen MR) is 77.6 cm³/mol.